The molecule has 3 rings (SSSR count). The standard InChI is InChI=1S/C18H14BrN3O2/c19-14-4-3-6-16(10-14)24-17-8-7-13(11-21-17)18(23)22-12-15-5-1-2-9-20-15/h1-11H,12H2,(H,22,23). The molecule has 0 atom stereocenters. The fourth-order valence-electron chi connectivity index (χ4n) is 2.00. The summed E-state index contributed by atoms with van der Waals surface area (Å²) in [6, 6.07) is 16.4. The highest BCUT2D eigenvalue weighted by atomic mass is 79.9. The third kappa shape index (κ3) is 4.39. The second kappa shape index (κ2) is 7.70. The number of benzene rings is 1. The lowest BCUT2D eigenvalue weighted by Crippen LogP contribution is -2.23. The lowest BCUT2D eigenvalue weighted by molar-refractivity contribution is 0.0950. The molecule has 0 saturated heterocycles. The number of aromatic nitrogens is 2. The minimum absolute atomic E-state index is 0.206. The Morgan fingerprint density at radius 3 is 2.71 bits per heavy atom. The lowest BCUT2D eigenvalue weighted by atomic mass is 10.2. The maximum atomic E-state index is 12.1. The average molecular weight is 384 g/mol. The topological polar surface area (TPSA) is 64.1 Å². The van der Waals surface area contributed by atoms with Gasteiger partial charge in [-0.1, -0.05) is 28.1 Å². The molecule has 2 aromatic heterocycles. The molecule has 0 aliphatic heterocycles. The SMILES string of the molecule is O=C(NCc1ccccn1)c1ccc(Oc2cccc(Br)c2)nc1. The number of hydrogen-bond donors (Lipinski definition) is 1. The number of carbonyl (C=O) groups is 1. The van der Waals surface area contributed by atoms with E-state index in [1.165, 1.54) is 6.20 Å². The van der Waals surface area contributed by atoms with E-state index in [0.29, 0.717) is 23.7 Å². The molecule has 6 heteroatoms. The van der Waals surface area contributed by atoms with Gasteiger partial charge in [0.25, 0.3) is 5.91 Å². The third-order valence-corrected chi connectivity index (χ3v) is 3.67. The van der Waals surface area contributed by atoms with Crippen LogP contribution < -0.4 is 10.1 Å². The van der Waals surface area contributed by atoms with E-state index in [1.807, 2.05) is 42.5 Å². The van der Waals surface area contributed by atoms with E-state index in [9.17, 15) is 4.79 Å². The van der Waals surface area contributed by atoms with Crippen molar-refractivity contribution in [2.24, 2.45) is 0 Å². The number of pyridine rings is 2. The second-order valence-electron chi connectivity index (χ2n) is 4.95. The number of carbonyl (C=O) groups excluding carboxylic acids is 1. The summed E-state index contributed by atoms with van der Waals surface area (Å²) in [6.07, 6.45) is 3.18. The largest absolute Gasteiger partial charge is 0.439 e. The monoisotopic (exact) mass is 383 g/mol. The maximum absolute atomic E-state index is 12.1. The smallest absolute Gasteiger partial charge is 0.253 e. The number of hydrogen-bond acceptors (Lipinski definition) is 4. The van der Waals surface area contributed by atoms with E-state index in [4.69, 9.17) is 4.74 Å². The summed E-state index contributed by atoms with van der Waals surface area (Å²) < 4.78 is 6.56. The van der Waals surface area contributed by atoms with Crippen LogP contribution in [0.25, 0.3) is 0 Å². The molecular weight excluding hydrogens is 370 g/mol. The van der Waals surface area contributed by atoms with E-state index >= 15 is 0 Å². The Morgan fingerprint density at radius 1 is 1.08 bits per heavy atom. The van der Waals surface area contributed by atoms with Crippen molar-refractivity contribution < 1.29 is 9.53 Å². The summed E-state index contributed by atoms with van der Waals surface area (Å²) in [4.78, 5) is 20.4. The quantitative estimate of drug-likeness (QED) is 0.723. The van der Waals surface area contributed by atoms with Crippen LogP contribution in [0.5, 0.6) is 11.6 Å². The fourth-order valence-corrected chi connectivity index (χ4v) is 2.38. The normalized spacial score (nSPS) is 10.2. The van der Waals surface area contributed by atoms with Gasteiger partial charge in [-0.25, -0.2) is 4.98 Å². The fraction of sp³-hybridized carbons (Fsp3) is 0.0556. The molecule has 0 spiro atoms. The molecule has 3 aromatic rings. The molecule has 0 fully saturated rings. The predicted molar refractivity (Wildman–Crippen MR) is 93.9 cm³/mol. The van der Waals surface area contributed by atoms with Gasteiger partial charge in [0.15, 0.2) is 0 Å². The highest BCUT2D eigenvalue weighted by Gasteiger charge is 2.07. The zero-order valence-corrected chi connectivity index (χ0v) is 14.2. The Hall–Kier alpha value is -2.73. The molecule has 24 heavy (non-hydrogen) atoms. The van der Waals surface area contributed by atoms with Gasteiger partial charge < -0.3 is 10.1 Å². The Balaban J connectivity index is 1.60. The first-order valence-electron chi connectivity index (χ1n) is 7.28. The minimum atomic E-state index is -0.206. The predicted octanol–water partition coefficient (Wildman–Crippen LogP) is 3.96. The zero-order chi connectivity index (χ0) is 16.8. The van der Waals surface area contributed by atoms with Crippen molar-refractivity contribution in [2.75, 3.05) is 0 Å². The van der Waals surface area contributed by atoms with Gasteiger partial charge in [-0.2, -0.15) is 0 Å². The first-order valence-corrected chi connectivity index (χ1v) is 8.07. The van der Waals surface area contributed by atoms with Crippen molar-refractivity contribution >= 4 is 21.8 Å². The molecule has 2 heterocycles. The van der Waals surface area contributed by atoms with Crippen molar-refractivity contribution in [3.05, 3.63) is 82.7 Å². The van der Waals surface area contributed by atoms with Crippen LogP contribution in [0.3, 0.4) is 0 Å². The lowest BCUT2D eigenvalue weighted by Gasteiger charge is -2.07. The van der Waals surface area contributed by atoms with Crippen LogP contribution in [0.2, 0.25) is 0 Å². The number of ether oxygens (including phenoxy) is 1. The average Bonchev–Trinajstić information content (AvgIpc) is 2.61. The molecule has 0 saturated carbocycles. The summed E-state index contributed by atoms with van der Waals surface area (Å²) >= 11 is 3.38. The highest BCUT2D eigenvalue weighted by Crippen LogP contribution is 2.22. The first kappa shape index (κ1) is 16.1. The number of rotatable bonds is 5. The van der Waals surface area contributed by atoms with Crippen molar-refractivity contribution in [2.45, 2.75) is 6.54 Å². The summed E-state index contributed by atoms with van der Waals surface area (Å²) in [5.74, 6) is 0.890. The molecule has 0 aliphatic carbocycles. The van der Waals surface area contributed by atoms with Crippen LogP contribution in [0.4, 0.5) is 0 Å². The van der Waals surface area contributed by atoms with Crippen molar-refractivity contribution in [3.63, 3.8) is 0 Å². The Morgan fingerprint density at radius 2 is 2.00 bits per heavy atom. The van der Waals surface area contributed by atoms with Gasteiger partial charge in [-0.15, -0.1) is 0 Å². The molecule has 0 bridgehead atoms. The molecule has 1 aromatic carbocycles. The second-order valence-corrected chi connectivity index (χ2v) is 5.86. The van der Waals surface area contributed by atoms with Gasteiger partial charge in [0.2, 0.25) is 5.88 Å². The Labute approximate surface area is 147 Å². The minimum Gasteiger partial charge on any atom is -0.439 e. The highest BCUT2D eigenvalue weighted by molar-refractivity contribution is 9.10. The van der Waals surface area contributed by atoms with Crippen molar-refractivity contribution in [3.8, 4) is 11.6 Å². The molecule has 1 amide bonds. The Kier molecular flexibility index (Phi) is 5.18. The van der Waals surface area contributed by atoms with Crippen molar-refractivity contribution in [1.82, 2.24) is 15.3 Å². The van der Waals surface area contributed by atoms with E-state index in [-0.39, 0.29) is 5.91 Å². The molecule has 5 nitrogen and oxygen atoms in total. The summed E-state index contributed by atoms with van der Waals surface area (Å²) in [6.45, 7) is 0.371. The zero-order valence-electron chi connectivity index (χ0n) is 12.6. The van der Waals surface area contributed by atoms with Crippen LogP contribution in [0, 0.1) is 0 Å². The van der Waals surface area contributed by atoms with Crippen molar-refractivity contribution in [1.29, 1.82) is 0 Å². The summed E-state index contributed by atoms with van der Waals surface area (Å²) in [5, 5.41) is 2.80. The number of amides is 1. The van der Waals surface area contributed by atoms with Crippen LogP contribution in [-0.4, -0.2) is 15.9 Å². The van der Waals surface area contributed by atoms with Gasteiger partial charge in [0.05, 0.1) is 17.8 Å². The van der Waals surface area contributed by atoms with Crippen LogP contribution >= 0.6 is 15.9 Å². The van der Waals surface area contributed by atoms with E-state index in [0.717, 1.165) is 10.2 Å². The number of nitrogens with zero attached hydrogens (tertiary/aromatic N) is 2. The molecule has 0 unspecified atom stereocenters. The summed E-state index contributed by atoms with van der Waals surface area (Å²) in [7, 11) is 0. The third-order valence-electron chi connectivity index (χ3n) is 3.17. The van der Waals surface area contributed by atoms with Crippen LogP contribution in [-0.2, 0) is 6.54 Å². The molecular formula is C18H14BrN3O2. The molecule has 120 valence electrons. The molecule has 1 N–H and O–H groups in total. The van der Waals surface area contributed by atoms with Crippen LogP contribution in [0.1, 0.15) is 16.1 Å². The van der Waals surface area contributed by atoms with Gasteiger partial charge in [0, 0.05) is 22.9 Å². The van der Waals surface area contributed by atoms with E-state index in [2.05, 4.69) is 31.2 Å². The van der Waals surface area contributed by atoms with Gasteiger partial charge in [-0.3, -0.25) is 9.78 Å². The van der Waals surface area contributed by atoms with Gasteiger partial charge in [0.1, 0.15) is 5.75 Å². The first-order chi connectivity index (χ1) is 11.7. The van der Waals surface area contributed by atoms with Crippen LogP contribution in [0.15, 0.2) is 71.5 Å². The molecule has 0 radical (unpaired) electrons. The maximum Gasteiger partial charge on any atom is 0.253 e. The Bertz CT molecular complexity index is 823. The molecule has 0 aliphatic rings. The summed E-state index contributed by atoms with van der Waals surface area (Å²) in [5.41, 5.74) is 1.26. The number of halogens is 1. The van der Waals surface area contributed by atoms with Gasteiger partial charge >= 0.3 is 0 Å². The van der Waals surface area contributed by atoms with Gasteiger partial charge in [-0.05, 0) is 36.4 Å². The number of nitrogens with one attached hydrogen (secondary N) is 1. The van der Waals surface area contributed by atoms with E-state index in [1.54, 1.807) is 18.3 Å². The van der Waals surface area contributed by atoms with E-state index < -0.39 is 0 Å².